The van der Waals surface area contributed by atoms with Gasteiger partial charge >= 0.3 is 0 Å². The number of ether oxygens (including phenoxy) is 1. The molecule has 1 amide bonds. The number of hydrogen-bond acceptors (Lipinski definition) is 5. The van der Waals surface area contributed by atoms with Gasteiger partial charge in [0.1, 0.15) is 11.4 Å². The first-order valence-corrected chi connectivity index (χ1v) is 10.8. The highest BCUT2D eigenvalue weighted by atomic mass is 127. The molecule has 146 valence electrons. The summed E-state index contributed by atoms with van der Waals surface area (Å²) in [5.41, 5.74) is 0.652. The van der Waals surface area contributed by atoms with Crippen molar-refractivity contribution < 1.29 is 17.9 Å². The van der Waals surface area contributed by atoms with E-state index in [1.807, 2.05) is 22.6 Å². The van der Waals surface area contributed by atoms with Gasteiger partial charge in [0, 0.05) is 23.8 Å². The van der Waals surface area contributed by atoms with Crippen LogP contribution in [0.25, 0.3) is 0 Å². The van der Waals surface area contributed by atoms with E-state index in [1.165, 1.54) is 48.2 Å². The van der Waals surface area contributed by atoms with E-state index >= 15 is 0 Å². The molecule has 0 radical (unpaired) electrons. The second kappa shape index (κ2) is 8.10. The lowest BCUT2D eigenvalue weighted by atomic mass is 10.3. The number of nitrogens with one attached hydrogen (secondary N) is 1. The Morgan fingerprint density at radius 1 is 1.18 bits per heavy atom. The van der Waals surface area contributed by atoms with Crippen LogP contribution in [0.1, 0.15) is 10.5 Å². The molecule has 0 unspecified atom stereocenters. The van der Waals surface area contributed by atoms with E-state index < -0.39 is 15.7 Å². The summed E-state index contributed by atoms with van der Waals surface area (Å²) in [5.74, 6) is -0.113. The Balaban J connectivity index is 2.01. The first-order valence-electron chi connectivity index (χ1n) is 7.91. The monoisotopic (exact) mass is 531 g/mol. The number of hydrogen-bond donors (Lipinski definition) is 1. The van der Waals surface area contributed by atoms with Crippen LogP contribution in [0.5, 0.6) is 5.75 Å². The highest BCUT2D eigenvalue weighted by Crippen LogP contribution is 2.29. The summed E-state index contributed by atoms with van der Waals surface area (Å²) < 4.78 is 33.3. The third kappa shape index (κ3) is 4.15. The zero-order chi connectivity index (χ0) is 20.5. The SMILES string of the molecule is COc1cc(NC(=O)c2c(I)cnn2C)cc(S(=O)(=O)c2ccc(Cl)cc2)c1. The molecule has 0 bridgehead atoms. The van der Waals surface area contributed by atoms with Crippen LogP contribution in [0.2, 0.25) is 5.02 Å². The number of sulfone groups is 1. The number of carbonyl (C=O) groups is 1. The number of nitrogens with zero attached hydrogens (tertiary/aromatic N) is 2. The molecule has 1 aromatic heterocycles. The van der Waals surface area contributed by atoms with E-state index in [9.17, 15) is 13.2 Å². The molecule has 0 fully saturated rings. The van der Waals surface area contributed by atoms with Crippen LogP contribution in [-0.4, -0.2) is 31.2 Å². The summed E-state index contributed by atoms with van der Waals surface area (Å²) in [5, 5.41) is 7.17. The van der Waals surface area contributed by atoms with Crippen molar-refractivity contribution in [3.05, 3.63) is 62.9 Å². The molecular weight excluding hydrogens is 517 g/mol. The van der Waals surface area contributed by atoms with Crippen LogP contribution in [0, 0.1) is 3.57 Å². The van der Waals surface area contributed by atoms with Gasteiger partial charge in [-0.25, -0.2) is 8.42 Å². The molecule has 0 aliphatic heterocycles. The minimum atomic E-state index is -3.83. The van der Waals surface area contributed by atoms with Gasteiger partial charge in [0.25, 0.3) is 5.91 Å². The van der Waals surface area contributed by atoms with Crippen molar-refractivity contribution in [2.45, 2.75) is 9.79 Å². The van der Waals surface area contributed by atoms with Gasteiger partial charge in [-0.3, -0.25) is 9.48 Å². The van der Waals surface area contributed by atoms with Crippen molar-refractivity contribution in [3.63, 3.8) is 0 Å². The van der Waals surface area contributed by atoms with Gasteiger partial charge in [-0.1, -0.05) is 11.6 Å². The lowest BCUT2D eigenvalue weighted by Gasteiger charge is -2.12. The first-order chi connectivity index (χ1) is 13.2. The fraction of sp³-hybridized carbons (Fsp3) is 0.111. The summed E-state index contributed by atoms with van der Waals surface area (Å²) in [4.78, 5) is 12.7. The number of rotatable bonds is 5. The molecule has 7 nitrogen and oxygen atoms in total. The number of anilines is 1. The predicted octanol–water partition coefficient (Wildman–Crippen LogP) is 3.77. The molecule has 1 N–H and O–H groups in total. The molecule has 0 aliphatic rings. The van der Waals surface area contributed by atoms with Crippen molar-refractivity contribution >= 4 is 55.6 Å². The normalized spacial score (nSPS) is 11.3. The highest BCUT2D eigenvalue weighted by Gasteiger charge is 2.21. The number of benzene rings is 2. The predicted molar refractivity (Wildman–Crippen MR) is 114 cm³/mol. The number of methoxy groups -OCH3 is 1. The average Bonchev–Trinajstić information content (AvgIpc) is 3.00. The van der Waals surface area contributed by atoms with Gasteiger partial charge in [-0.15, -0.1) is 0 Å². The molecule has 0 spiro atoms. The lowest BCUT2D eigenvalue weighted by Crippen LogP contribution is -2.17. The van der Waals surface area contributed by atoms with Gasteiger partial charge in [0.15, 0.2) is 0 Å². The van der Waals surface area contributed by atoms with Gasteiger partial charge in [0.05, 0.1) is 26.7 Å². The van der Waals surface area contributed by atoms with Crippen molar-refractivity contribution in [2.75, 3.05) is 12.4 Å². The second-order valence-corrected chi connectivity index (χ2v) is 9.32. The van der Waals surface area contributed by atoms with Gasteiger partial charge < -0.3 is 10.1 Å². The fourth-order valence-corrected chi connectivity index (χ4v) is 4.69. The maximum atomic E-state index is 13.0. The number of aryl methyl sites for hydroxylation is 1. The Labute approximate surface area is 180 Å². The van der Waals surface area contributed by atoms with Crippen molar-refractivity contribution in [1.82, 2.24) is 9.78 Å². The van der Waals surface area contributed by atoms with Crippen LogP contribution in [0.3, 0.4) is 0 Å². The van der Waals surface area contributed by atoms with Gasteiger partial charge in [-0.05, 0) is 59.0 Å². The van der Waals surface area contributed by atoms with E-state index in [4.69, 9.17) is 16.3 Å². The molecule has 0 atom stereocenters. The summed E-state index contributed by atoms with van der Waals surface area (Å²) in [7, 11) is -0.754. The summed E-state index contributed by atoms with van der Waals surface area (Å²) in [6.07, 6.45) is 1.57. The van der Waals surface area contributed by atoms with E-state index in [0.29, 0.717) is 20.0 Å². The molecular formula is C18H15ClIN3O4S. The summed E-state index contributed by atoms with van der Waals surface area (Å²) in [6, 6.07) is 10.2. The summed E-state index contributed by atoms with van der Waals surface area (Å²) >= 11 is 7.85. The third-order valence-corrected chi connectivity index (χ3v) is 6.71. The highest BCUT2D eigenvalue weighted by molar-refractivity contribution is 14.1. The average molecular weight is 532 g/mol. The van der Waals surface area contributed by atoms with Crippen LogP contribution in [0.15, 0.2) is 58.5 Å². The van der Waals surface area contributed by atoms with E-state index in [0.717, 1.165) is 0 Å². The Morgan fingerprint density at radius 3 is 2.43 bits per heavy atom. The van der Waals surface area contributed by atoms with Crippen molar-refractivity contribution in [2.24, 2.45) is 7.05 Å². The standard InChI is InChI=1S/C18H15ClIN3O4S/c1-23-17(16(20)10-21-23)18(24)22-12-7-13(27-2)9-15(8-12)28(25,26)14-5-3-11(19)4-6-14/h3-10H,1-2H3,(H,22,24). The van der Waals surface area contributed by atoms with Crippen LogP contribution in [-0.2, 0) is 16.9 Å². The molecule has 10 heteroatoms. The molecule has 3 aromatic rings. The molecule has 0 saturated heterocycles. The number of carbonyl (C=O) groups excluding carboxylic acids is 1. The number of aromatic nitrogens is 2. The quantitative estimate of drug-likeness (QED) is 0.506. The van der Waals surface area contributed by atoms with E-state index in [-0.39, 0.29) is 15.5 Å². The smallest absolute Gasteiger partial charge is 0.275 e. The topological polar surface area (TPSA) is 90.3 Å². The molecule has 1 heterocycles. The Kier molecular flexibility index (Phi) is 5.96. The minimum absolute atomic E-state index is 0.0100. The summed E-state index contributed by atoms with van der Waals surface area (Å²) in [6.45, 7) is 0. The molecule has 28 heavy (non-hydrogen) atoms. The van der Waals surface area contributed by atoms with Crippen molar-refractivity contribution in [1.29, 1.82) is 0 Å². The van der Waals surface area contributed by atoms with Crippen LogP contribution >= 0.6 is 34.2 Å². The van der Waals surface area contributed by atoms with Gasteiger partial charge in [-0.2, -0.15) is 5.10 Å². The molecule has 3 rings (SSSR count). The minimum Gasteiger partial charge on any atom is -0.497 e. The Hall–Kier alpha value is -2.11. The first kappa shape index (κ1) is 20.6. The van der Waals surface area contributed by atoms with E-state index in [1.54, 1.807) is 19.3 Å². The van der Waals surface area contributed by atoms with Crippen LogP contribution < -0.4 is 10.1 Å². The van der Waals surface area contributed by atoms with E-state index in [2.05, 4.69) is 10.4 Å². The maximum absolute atomic E-state index is 13.0. The third-order valence-electron chi connectivity index (χ3n) is 3.92. The molecule has 2 aromatic carbocycles. The fourth-order valence-electron chi connectivity index (χ4n) is 2.52. The molecule has 0 saturated carbocycles. The zero-order valence-corrected chi connectivity index (χ0v) is 18.5. The second-order valence-electron chi connectivity index (χ2n) is 5.77. The maximum Gasteiger partial charge on any atom is 0.275 e. The van der Waals surface area contributed by atoms with Crippen molar-refractivity contribution in [3.8, 4) is 5.75 Å². The Morgan fingerprint density at radius 2 is 1.86 bits per heavy atom. The van der Waals surface area contributed by atoms with Gasteiger partial charge in [0.2, 0.25) is 9.84 Å². The Bertz CT molecular complexity index is 1120. The number of amides is 1. The van der Waals surface area contributed by atoms with Crippen LogP contribution in [0.4, 0.5) is 5.69 Å². The molecule has 0 aliphatic carbocycles. The number of halogens is 2. The largest absolute Gasteiger partial charge is 0.497 e. The zero-order valence-electron chi connectivity index (χ0n) is 14.8. The lowest BCUT2D eigenvalue weighted by molar-refractivity contribution is 0.101.